The number of fused-ring (bicyclic) bond motifs is 2. The van der Waals surface area contributed by atoms with Crippen molar-refractivity contribution in [3.05, 3.63) is 71.0 Å². The minimum atomic E-state index is -0.929. The monoisotopic (exact) mass is 410 g/mol. The van der Waals surface area contributed by atoms with Gasteiger partial charge in [0.15, 0.2) is 0 Å². The number of hydrogen-bond donors (Lipinski definition) is 2. The van der Waals surface area contributed by atoms with Crippen LogP contribution in [0.25, 0.3) is 5.52 Å². The van der Waals surface area contributed by atoms with Gasteiger partial charge in [0, 0.05) is 24.9 Å². The van der Waals surface area contributed by atoms with Gasteiger partial charge >= 0.3 is 0 Å². The zero-order valence-electron chi connectivity index (χ0n) is 16.3. The Morgan fingerprint density at radius 2 is 2.30 bits per heavy atom. The topological polar surface area (TPSA) is 113 Å². The molecule has 4 aromatic rings. The van der Waals surface area contributed by atoms with Gasteiger partial charge in [-0.25, -0.2) is 18.9 Å². The van der Waals surface area contributed by atoms with Crippen LogP contribution in [-0.2, 0) is 6.42 Å². The lowest BCUT2D eigenvalue weighted by atomic mass is 9.99. The van der Waals surface area contributed by atoms with Crippen molar-refractivity contribution in [2.75, 3.05) is 6.54 Å². The van der Waals surface area contributed by atoms with Gasteiger partial charge in [-0.1, -0.05) is 0 Å². The van der Waals surface area contributed by atoms with E-state index in [1.54, 1.807) is 36.5 Å². The highest BCUT2D eigenvalue weighted by Gasteiger charge is 2.38. The van der Waals surface area contributed by atoms with Crippen LogP contribution in [0.3, 0.4) is 0 Å². The number of aromatic amines is 1. The maximum atomic E-state index is 14.2. The molecule has 5 rings (SSSR count). The van der Waals surface area contributed by atoms with E-state index < -0.39 is 18.0 Å². The average molecular weight is 410 g/mol. The van der Waals surface area contributed by atoms with E-state index in [2.05, 4.69) is 20.1 Å². The van der Waals surface area contributed by atoms with E-state index >= 15 is 0 Å². The predicted molar refractivity (Wildman–Crippen MR) is 102 cm³/mol. The molecule has 2 N–H and O–H groups in total. The van der Waals surface area contributed by atoms with E-state index in [-0.39, 0.29) is 17.6 Å². The molecule has 0 fully saturated rings. The maximum Gasteiger partial charge on any atom is 0.292 e. The molecule has 1 unspecified atom stereocenters. The van der Waals surface area contributed by atoms with Crippen LogP contribution >= 0.6 is 0 Å². The lowest BCUT2D eigenvalue weighted by molar-refractivity contribution is 0.0644. The first-order valence-corrected chi connectivity index (χ1v) is 9.56. The molecule has 4 aromatic heterocycles. The zero-order valence-corrected chi connectivity index (χ0v) is 16.3. The number of hydrogen-bond acceptors (Lipinski definition) is 6. The fourth-order valence-corrected chi connectivity index (χ4v) is 3.85. The van der Waals surface area contributed by atoms with Gasteiger partial charge in [0.25, 0.3) is 5.91 Å². The molecule has 0 aliphatic carbocycles. The molecule has 1 aliphatic rings. The van der Waals surface area contributed by atoms with Gasteiger partial charge < -0.3 is 19.4 Å². The molecule has 5 heterocycles. The SMILES string of the molecule is Cc1nc([C@H](C)O)oc1C(=O)N1CCc2[nH]cnc2C1c1cc2c(F)cccn2n1. The number of carbonyl (C=O) groups excluding carboxylic acids is 1. The first-order chi connectivity index (χ1) is 14.4. The van der Waals surface area contributed by atoms with E-state index in [9.17, 15) is 14.3 Å². The standard InChI is InChI=1S/C20H19FN6O3/c1-10-18(30-19(24-10)11(2)28)20(29)26-7-5-13-16(23-9-22-13)17(26)14-8-15-12(21)4-3-6-27(15)25-14/h3-4,6,8-9,11,17,28H,5,7H2,1-2H3,(H,22,23)/t11-,17?/m0/s1. The number of aromatic nitrogens is 5. The lowest BCUT2D eigenvalue weighted by Gasteiger charge is -2.33. The number of aliphatic hydroxyl groups excluding tert-OH is 1. The fraction of sp³-hybridized carbons (Fsp3) is 0.300. The van der Waals surface area contributed by atoms with Crippen LogP contribution in [-0.4, -0.2) is 47.0 Å². The van der Waals surface area contributed by atoms with Crippen molar-refractivity contribution in [1.82, 2.24) is 29.5 Å². The number of H-pyrrole nitrogens is 1. The summed E-state index contributed by atoms with van der Waals surface area (Å²) in [4.78, 5) is 26.7. The first-order valence-electron chi connectivity index (χ1n) is 9.56. The Kier molecular flexibility index (Phi) is 4.17. The highest BCUT2D eigenvalue weighted by atomic mass is 19.1. The number of oxazole rings is 1. The van der Waals surface area contributed by atoms with Gasteiger partial charge in [-0.15, -0.1) is 0 Å². The molecule has 0 bridgehead atoms. The second-order valence-corrected chi connectivity index (χ2v) is 7.32. The number of aliphatic hydroxyl groups is 1. The van der Waals surface area contributed by atoms with Gasteiger partial charge in [0.05, 0.1) is 23.4 Å². The van der Waals surface area contributed by atoms with Crippen molar-refractivity contribution < 1.29 is 18.7 Å². The normalized spacial score (nSPS) is 17.3. The molecule has 10 heteroatoms. The molecule has 9 nitrogen and oxygen atoms in total. The summed E-state index contributed by atoms with van der Waals surface area (Å²) in [6, 6.07) is 3.93. The molecule has 0 radical (unpaired) electrons. The highest BCUT2D eigenvalue weighted by molar-refractivity contribution is 5.93. The number of imidazole rings is 1. The number of pyridine rings is 1. The Morgan fingerprint density at radius 1 is 1.47 bits per heavy atom. The van der Waals surface area contributed by atoms with Crippen molar-refractivity contribution in [2.24, 2.45) is 0 Å². The van der Waals surface area contributed by atoms with Crippen LogP contribution in [0.1, 0.15) is 58.3 Å². The molecular weight excluding hydrogens is 391 g/mol. The van der Waals surface area contributed by atoms with Crippen molar-refractivity contribution in [1.29, 1.82) is 0 Å². The largest absolute Gasteiger partial charge is 0.432 e. The minimum absolute atomic E-state index is 0.0600. The first kappa shape index (κ1) is 18.5. The Balaban J connectivity index is 1.62. The van der Waals surface area contributed by atoms with Gasteiger partial charge in [-0.2, -0.15) is 5.10 Å². The van der Waals surface area contributed by atoms with E-state index in [1.807, 2.05) is 0 Å². The van der Waals surface area contributed by atoms with Crippen LogP contribution in [0.5, 0.6) is 0 Å². The Morgan fingerprint density at radius 3 is 3.03 bits per heavy atom. The highest BCUT2D eigenvalue weighted by Crippen LogP contribution is 2.35. The van der Waals surface area contributed by atoms with Crippen LogP contribution in [0.4, 0.5) is 4.39 Å². The summed E-state index contributed by atoms with van der Waals surface area (Å²) in [6.07, 6.45) is 2.88. The third kappa shape index (κ3) is 2.79. The van der Waals surface area contributed by atoms with Crippen molar-refractivity contribution in [3.63, 3.8) is 0 Å². The maximum absolute atomic E-state index is 14.2. The smallest absolute Gasteiger partial charge is 0.292 e. The van der Waals surface area contributed by atoms with Gasteiger partial charge in [0.1, 0.15) is 23.5 Å². The molecule has 0 saturated heterocycles. The predicted octanol–water partition coefficient (Wildman–Crippen LogP) is 2.33. The van der Waals surface area contributed by atoms with Crippen LogP contribution in [0.15, 0.2) is 35.1 Å². The summed E-state index contributed by atoms with van der Waals surface area (Å²) < 4.78 is 21.2. The second-order valence-electron chi connectivity index (χ2n) is 7.32. The zero-order chi connectivity index (χ0) is 21.0. The Hall–Kier alpha value is -3.53. The molecule has 0 aromatic carbocycles. The Bertz CT molecular complexity index is 1260. The van der Waals surface area contributed by atoms with Crippen molar-refractivity contribution in [2.45, 2.75) is 32.4 Å². The van der Waals surface area contributed by atoms with E-state index in [0.717, 1.165) is 5.69 Å². The molecule has 1 amide bonds. The Labute approximate surface area is 170 Å². The van der Waals surface area contributed by atoms with E-state index in [0.29, 0.717) is 35.6 Å². The quantitative estimate of drug-likeness (QED) is 0.536. The number of rotatable bonds is 3. The summed E-state index contributed by atoms with van der Waals surface area (Å²) in [6.45, 7) is 3.56. The number of nitrogens with zero attached hydrogens (tertiary/aromatic N) is 5. The molecule has 1 aliphatic heterocycles. The van der Waals surface area contributed by atoms with Gasteiger partial charge in [0.2, 0.25) is 11.7 Å². The van der Waals surface area contributed by atoms with E-state index in [4.69, 9.17) is 4.42 Å². The number of amides is 1. The third-order valence-corrected chi connectivity index (χ3v) is 5.30. The average Bonchev–Trinajstić information content (AvgIpc) is 3.44. The van der Waals surface area contributed by atoms with Crippen LogP contribution in [0, 0.1) is 12.7 Å². The third-order valence-electron chi connectivity index (χ3n) is 5.30. The van der Waals surface area contributed by atoms with Crippen LogP contribution < -0.4 is 0 Å². The molecule has 0 saturated carbocycles. The number of carbonyl (C=O) groups is 1. The van der Waals surface area contributed by atoms with Crippen LogP contribution in [0.2, 0.25) is 0 Å². The van der Waals surface area contributed by atoms with E-state index in [1.165, 1.54) is 17.5 Å². The number of nitrogens with one attached hydrogen (secondary N) is 1. The molecule has 154 valence electrons. The molecule has 0 spiro atoms. The van der Waals surface area contributed by atoms with Gasteiger partial charge in [-0.05, 0) is 32.0 Å². The molecule has 2 atom stereocenters. The summed E-state index contributed by atoms with van der Waals surface area (Å²) >= 11 is 0. The fourth-order valence-electron chi connectivity index (χ4n) is 3.85. The molecule has 30 heavy (non-hydrogen) atoms. The summed E-state index contributed by atoms with van der Waals surface area (Å²) in [7, 11) is 0. The number of aryl methyl sites for hydroxylation is 1. The van der Waals surface area contributed by atoms with Crippen molar-refractivity contribution in [3.8, 4) is 0 Å². The summed E-state index contributed by atoms with van der Waals surface area (Å²) in [5.74, 6) is -0.646. The summed E-state index contributed by atoms with van der Waals surface area (Å²) in [5.41, 5.74) is 2.76. The minimum Gasteiger partial charge on any atom is -0.432 e. The van der Waals surface area contributed by atoms with Gasteiger partial charge in [-0.3, -0.25) is 4.79 Å². The lowest BCUT2D eigenvalue weighted by Crippen LogP contribution is -2.41. The van der Waals surface area contributed by atoms with Crippen molar-refractivity contribution >= 4 is 11.4 Å². The summed E-state index contributed by atoms with van der Waals surface area (Å²) in [5, 5.41) is 14.2. The number of halogens is 1. The molecular formula is C20H19FN6O3. The second kappa shape index (κ2) is 6.77.